The predicted octanol–water partition coefficient (Wildman–Crippen LogP) is 1.89. The molecule has 1 atom stereocenters. The van der Waals surface area contributed by atoms with Crippen molar-refractivity contribution in [2.45, 2.75) is 19.3 Å². The average Bonchev–Trinajstić information content (AvgIpc) is 2.78. The topological polar surface area (TPSA) is 102 Å². The summed E-state index contributed by atoms with van der Waals surface area (Å²) >= 11 is 0. The molecule has 1 amide bonds. The van der Waals surface area contributed by atoms with Crippen molar-refractivity contribution in [2.75, 3.05) is 26.3 Å². The molecule has 8 nitrogen and oxygen atoms in total. The van der Waals surface area contributed by atoms with Crippen LogP contribution in [-0.4, -0.2) is 46.8 Å². The molecule has 162 valence electrons. The number of aromatic hydroxyl groups is 1. The third kappa shape index (κ3) is 3.98. The Balaban J connectivity index is 1.88. The fourth-order valence-corrected chi connectivity index (χ4v) is 4.02. The number of para-hydroxylation sites is 1. The highest BCUT2D eigenvalue weighted by atomic mass is 16.5. The third-order valence-electron chi connectivity index (χ3n) is 5.67. The van der Waals surface area contributed by atoms with E-state index in [1.165, 1.54) is 10.6 Å². The molecule has 3 aromatic rings. The first-order valence-electron chi connectivity index (χ1n) is 10.1. The Hall–Kier alpha value is -3.39. The molecule has 2 aromatic heterocycles. The lowest BCUT2D eigenvalue weighted by molar-refractivity contribution is -0.135. The first kappa shape index (κ1) is 20.9. The van der Waals surface area contributed by atoms with E-state index in [0.29, 0.717) is 32.1 Å². The standard InChI is InChI=1S/C23H24N2O6/c1-14-11-19(26)21(28)22(31-14)16(13-20(27)25-7-9-30-10-8-25)17-12-15-5-3-4-6-18(15)24(2)23(17)29/h3-6,11-12,16,28H,7-10,13H2,1-2H3. The number of aryl methyl sites for hydroxylation is 2. The molecular weight excluding hydrogens is 400 g/mol. The number of rotatable bonds is 4. The summed E-state index contributed by atoms with van der Waals surface area (Å²) in [6.45, 7) is 3.37. The summed E-state index contributed by atoms with van der Waals surface area (Å²) in [5, 5.41) is 11.3. The van der Waals surface area contributed by atoms with E-state index in [-0.39, 0.29) is 29.2 Å². The molecule has 31 heavy (non-hydrogen) atoms. The first-order valence-corrected chi connectivity index (χ1v) is 10.1. The fraction of sp³-hybridized carbons (Fsp3) is 0.348. The van der Waals surface area contributed by atoms with Gasteiger partial charge < -0.3 is 23.7 Å². The van der Waals surface area contributed by atoms with Gasteiger partial charge in [0, 0.05) is 38.2 Å². The van der Waals surface area contributed by atoms with Gasteiger partial charge in [-0.1, -0.05) is 18.2 Å². The summed E-state index contributed by atoms with van der Waals surface area (Å²) in [6.07, 6.45) is -0.118. The summed E-state index contributed by atoms with van der Waals surface area (Å²) in [6, 6.07) is 10.3. The second-order valence-electron chi connectivity index (χ2n) is 7.71. The maximum absolute atomic E-state index is 13.3. The number of amides is 1. The van der Waals surface area contributed by atoms with Gasteiger partial charge in [-0.25, -0.2) is 0 Å². The number of ether oxygens (including phenoxy) is 1. The Morgan fingerprint density at radius 3 is 2.61 bits per heavy atom. The largest absolute Gasteiger partial charge is 0.502 e. The van der Waals surface area contributed by atoms with E-state index in [0.717, 1.165) is 10.9 Å². The molecule has 1 aliphatic rings. The van der Waals surface area contributed by atoms with Gasteiger partial charge in [-0.15, -0.1) is 0 Å². The molecule has 1 aliphatic heterocycles. The average molecular weight is 424 g/mol. The monoisotopic (exact) mass is 424 g/mol. The van der Waals surface area contributed by atoms with Crippen LogP contribution in [0.2, 0.25) is 0 Å². The minimum atomic E-state index is -0.911. The van der Waals surface area contributed by atoms with Crippen molar-refractivity contribution in [1.29, 1.82) is 0 Å². The molecule has 1 unspecified atom stereocenters. The van der Waals surface area contributed by atoms with E-state index in [2.05, 4.69) is 0 Å². The van der Waals surface area contributed by atoms with Gasteiger partial charge >= 0.3 is 0 Å². The number of aromatic nitrogens is 1. The number of benzene rings is 1. The summed E-state index contributed by atoms with van der Waals surface area (Å²) in [4.78, 5) is 40.2. The highest BCUT2D eigenvalue weighted by Crippen LogP contribution is 2.33. The summed E-state index contributed by atoms with van der Waals surface area (Å²) in [5.74, 6) is -1.47. The molecule has 1 aromatic carbocycles. The molecule has 0 aliphatic carbocycles. The van der Waals surface area contributed by atoms with E-state index < -0.39 is 17.1 Å². The molecule has 1 saturated heterocycles. The third-order valence-corrected chi connectivity index (χ3v) is 5.67. The van der Waals surface area contributed by atoms with Crippen LogP contribution < -0.4 is 11.0 Å². The van der Waals surface area contributed by atoms with Gasteiger partial charge in [0.1, 0.15) is 5.76 Å². The number of carbonyl (C=O) groups excluding carboxylic acids is 1. The number of nitrogens with zero attached hydrogens (tertiary/aromatic N) is 2. The van der Waals surface area contributed by atoms with Gasteiger partial charge in [0.05, 0.1) is 24.6 Å². The Labute approximate surface area is 178 Å². The van der Waals surface area contributed by atoms with Crippen molar-refractivity contribution < 1.29 is 19.1 Å². The van der Waals surface area contributed by atoms with Crippen molar-refractivity contribution in [1.82, 2.24) is 9.47 Å². The van der Waals surface area contributed by atoms with Crippen LogP contribution in [0.15, 0.2) is 50.4 Å². The Kier molecular flexibility index (Phi) is 5.65. The molecule has 0 radical (unpaired) electrons. The summed E-state index contributed by atoms with van der Waals surface area (Å²) < 4.78 is 12.5. The minimum Gasteiger partial charge on any atom is -0.502 e. The molecule has 1 fully saturated rings. The van der Waals surface area contributed by atoms with Crippen LogP contribution in [0.25, 0.3) is 10.9 Å². The van der Waals surface area contributed by atoms with Gasteiger partial charge in [-0.05, 0) is 24.4 Å². The van der Waals surface area contributed by atoms with Crippen LogP contribution in [0, 0.1) is 6.92 Å². The Morgan fingerprint density at radius 2 is 1.87 bits per heavy atom. The van der Waals surface area contributed by atoms with Gasteiger partial charge in [-0.2, -0.15) is 0 Å². The molecule has 8 heteroatoms. The first-order chi connectivity index (χ1) is 14.9. The van der Waals surface area contributed by atoms with Crippen molar-refractivity contribution >= 4 is 16.8 Å². The van der Waals surface area contributed by atoms with E-state index in [4.69, 9.17) is 9.15 Å². The van der Waals surface area contributed by atoms with Crippen molar-refractivity contribution in [3.05, 3.63) is 74.1 Å². The van der Waals surface area contributed by atoms with Crippen LogP contribution in [0.3, 0.4) is 0 Å². The van der Waals surface area contributed by atoms with Gasteiger partial charge in [0.2, 0.25) is 17.1 Å². The molecule has 0 spiro atoms. The highest BCUT2D eigenvalue weighted by molar-refractivity contribution is 5.81. The fourth-order valence-electron chi connectivity index (χ4n) is 4.02. The van der Waals surface area contributed by atoms with E-state index in [1.807, 2.05) is 24.3 Å². The van der Waals surface area contributed by atoms with E-state index >= 15 is 0 Å². The maximum Gasteiger partial charge on any atom is 0.254 e. The normalized spacial score (nSPS) is 15.2. The zero-order valence-corrected chi connectivity index (χ0v) is 17.5. The van der Waals surface area contributed by atoms with E-state index in [9.17, 15) is 19.5 Å². The molecular formula is C23H24N2O6. The zero-order valence-electron chi connectivity index (χ0n) is 17.5. The van der Waals surface area contributed by atoms with Crippen LogP contribution in [0.1, 0.15) is 29.4 Å². The van der Waals surface area contributed by atoms with Gasteiger partial charge in [0.25, 0.3) is 5.56 Å². The number of hydrogen-bond donors (Lipinski definition) is 1. The lowest BCUT2D eigenvalue weighted by atomic mass is 9.91. The lowest BCUT2D eigenvalue weighted by Gasteiger charge is -2.28. The van der Waals surface area contributed by atoms with Crippen molar-refractivity contribution in [3.8, 4) is 5.75 Å². The minimum absolute atomic E-state index is 0.0704. The Bertz CT molecular complexity index is 1250. The number of pyridine rings is 1. The SMILES string of the molecule is Cc1cc(=O)c(O)c(C(CC(=O)N2CCOCC2)c2cc3ccccc3n(C)c2=O)o1. The predicted molar refractivity (Wildman–Crippen MR) is 114 cm³/mol. The van der Waals surface area contributed by atoms with Gasteiger partial charge in [-0.3, -0.25) is 14.4 Å². The van der Waals surface area contributed by atoms with Crippen LogP contribution in [0.5, 0.6) is 5.75 Å². The van der Waals surface area contributed by atoms with E-state index in [1.54, 1.807) is 24.9 Å². The Morgan fingerprint density at radius 1 is 1.16 bits per heavy atom. The van der Waals surface area contributed by atoms with Crippen LogP contribution in [-0.2, 0) is 16.6 Å². The van der Waals surface area contributed by atoms with Crippen LogP contribution >= 0.6 is 0 Å². The molecule has 3 heterocycles. The van der Waals surface area contributed by atoms with Crippen LogP contribution in [0.4, 0.5) is 0 Å². The second kappa shape index (κ2) is 8.39. The second-order valence-corrected chi connectivity index (χ2v) is 7.71. The number of fused-ring (bicyclic) bond motifs is 1. The van der Waals surface area contributed by atoms with Crippen molar-refractivity contribution in [3.63, 3.8) is 0 Å². The molecule has 0 bridgehead atoms. The summed E-state index contributed by atoms with van der Waals surface area (Å²) in [7, 11) is 1.65. The quantitative estimate of drug-likeness (QED) is 0.686. The zero-order chi connectivity index (χ0) is 22.1. The molecule has 1 N–H and O–H groups in total. The molecule has 0 saturated carbocycles. The van der Waals surface area contributed by atoms with Gasteiger partial charge in [0.15, 0.2) is 5.76 Å². The maximum atomic E-state index is 13.3. The summed E-state index contributed by atoms with van der Waals surface area (Å²) in [5.41, 5.74) is 0.0958. The highest BCUT2D eigenvalue weighted by Gasteiger charge is 2.31. The van der Waals surface area contributed by atoms with Crippen molar-refractivity contribution in [2.24, 2.45) is 7.05 Å². The number of carbonyl (C=O) groups is 1. The number of hydrogen-bond acceptors (Lipinski definition) is 6. The number of morpholine rings is 1. The smallest absolute Gasteiger partial charge is 0.254 e. The molecule has 4 rings (SSSR count). The lowest BCUT2D eigenvalue weighted by Crippen LogP contribution is -2.41.